The molecular formula is C20H22NO6P. The lowest BCUT2D eigenvalue weighted by Gasteiger charge is -2.38. The molecule has 2 aromatic carbocycles. The van der Waals surface area contributed by atoms with E-state index in [0.717, 1.165) is 10.5 Å². The number of benzene rings is 2. The smallest absolute Gasteiger partial charge is 0.334 e. The molecule has 0 fully saturated rings. The molecular weight excluding hydrogens is 381 g/mol. The van der Waals surface area contributed by atoms with Gasteiger partial charge in [0.2, 0.25) is 0 Å². The molecule has 8 heteroatoms. The Labute approximate surface area is 163 Å². The number of hydrogen-bond acceptors (Lipinski definition) is 6. The summed E-state index contributed by atoms with van der Waals surface area (Å²) in [6.45, 7) is 1.65. The van der Waals surface area contributed by atoms with Gasteiger partial charge in [-0.3, -0.25) is 14.2 Å². The number of rotatable bonds is 8. The highest BCUT2D eigenvalue weighted by Crippen LogP contribution is 2.51. The van der Waals surface area contributed by atoms with E-state index in [1.54, 1.807) is 31.2 Å². The van der Waals surface area contributed by atoms with Gasteiger partial charge < -0.3 is 13.8 Å². The van der Waals surface area contributed by atoms with Crippen molar-refractivity contribution in [1.29, 1.82) is 0 Å². The predicted octanol–water partition coefficient (Wildman–Crippen LogP) is 3.70. The Bertz CT molecular complexity index is 888. The third-order valence-corrected chi connectivity index (χ3v) is 6.79. The van der Waals surface area contributed by atoms with Gasteiger partial charge in [0, 0.05) is 14.2 Å². The number of nitrogens with zero attached hydrogens (tertiary/aromatic N) is 1. The molecule has 1 unspecified atom stereocenters. The van der Waals surface area contributed by atoms with Crippen LogP contribution >= 0.6 is 7.60 Å². The molecule has 0 bridgehead atoms. The number of carbonyl (C=O) groups is 2. The van der Waals surface area contributed by atoms with Crippen molar-refractivity contribution in [2.45, 2.75) is 19.3 Å². The fraction of sp³-hybridized carbons (Fsp3) is 0.300. The molecule has 1 heterocycles. The average Bonchev–Trinajstić information content (AvgIpc) is 2.98. The minimum absolute atomic E-state index is 0.109. The van der Waals surface area contributed by atoms with E-state index in [0.29, 0.717) is 0 Å². The maximum Gasteiger partial charge on any atom is 0.334 e. The van der Waals surface area contributed by atoms with Crippen molar-refractivity contribution in [2.75, 3.05) is 20.4 Å². The standard InChI is InChI=1S/C20H22NO6P/c1-20(14-28(24,25-2)26-3,27-13-15-9-5-4-6-10-15)21-18(22)16-11-7-8-12-17(16)19(21)23/h4-12H,13-14H2,1-3H3. The van der Waals surface area contributed by atoms with Crippen molar-refractivity contribution in [3.63, 3.8) is 0 Å². The molecule has 1 atom stereocenters. The molecule has 0 aromatic heterocycles. The largest absolute Gasteiger partial charge is 0.350 e. The summed E-state index contributed by atoms with van der Waals surface area (Å²) in [5.41, 5.74) is -0.127. The van der Waals surface area contributed by atoms with Crippen LogP contribution in [0.15, 0.2) is 54.6 Å². The van der Waals surface area contributed by atoms with Crippen molar-refractivity contribution in [3.8, 4) is 0 Å². The molecule has 2 amide bonds. The molecule has 7 nitrogen and oxygen atoms in total. The Balaban J connectivity index is 1.97. The van der Waals surface area contributed by atoms with E-state index in [1.807, 2.05) is 30.3 Å². The van der Waals surface area contributed by atoms with Crippen molar-refractivity contribution < 1.29 is 27.9 Å². The zero-order valence-electron chi connectivity index (χ0n) is 16.0. The topological polar surface area (TPSA) is 82.1 Å². The van der Waals surface area contributed by atoms with E-state index < -0.39 is 25.1 Å². The van der Waals surface area contributed by atoms with E-state index in [9.17, 15) is 14.2 Å². The number of hydrogen-bond donors (Lipinski definition) is 0. The summed E-state index contributed by atoms with van der Waals surface area (Å²) in [6, 6.07) is 15.8. The van der Waals surface area contributed by atoms with Gasteiger partial charge in [-0.2, -0.15) is 0 Å². The van der Waals surface area contributed by atoms with Crippen molar-refractivity contribution in [2.24, 2.45) is 0 Å². The van der Waals surface area contributed by atoms with Gasteiger partial charge in [-0.15, -0.1) is 0 Å². The molecule has 0 radical (unpaired) electrons. The van der Waals surface area contributed by atoms with Crippen LogP contribution < -0.4 is 0 Å². The fourth-order valence-electron chi connectivity index (χ4n) is 3.18. The highest BCUT2D eigenvalue weighted by molar-refractivity contribution is 7.53. The number of carbonyl (C=O) groups excluding carboxylic acids is 2. The lowest BCUT2D eigenvalue weighted by molar-refractivity contribution is -0.104. The zero-order chi connectivity index (χ0) is 20.4. The van der Waals surface area contributed by atoms with Crippen LogP contribution in [0.3, 0.4) is 0 Å². The van der Waals surface area contributed by atoms with E-state index in [-0.39, 0.29) is 23.9 Å². The van der Waals surface area contributed by atoms with Crippen molar-refractivity contribution in [1.82, 2.24) is 4.90 Å². The highest BCUT2D eigenvalue weighted by Gasteiger charge is 2.51. The summed E-state index contributed by atoms with van der Waals surface area (Å²) in [6.07, 6.45) is -0.300. The molecule has 1 aliphatic rings. The van der Waals surface area contributed by atoms with Gasteiger partial charge in [-0.05, 0) is 24.6 Å². The number of imide groups is 1. The Morgan fingerprint density at radius 1 is 0.893 bits per heavy atom. The van der Waals surface area contributed by atoms with E-state index in [1.165, 1.54) is 14.2 Å². The summed E-state index contributed by atoms with van der Waals surface area (Å²) in [4.78, 5) is 27.0. The van der Waals surface area contributed by atoms with Crippen LogP contribution in [0.4, 0.5) is 0 Å². The highest BCUT2D eigenvalue weighted by atomic mass is 31.2. The predicted molar refractivity (Wildman–Crippen MR) is 103 cm³/mol. The van der Waals surface area contributed by atoms with E-state index >= 15 is 0 Å². The summed E-state index contributed by atoms with van der Waals surface area (Å²) in [7, 11) is -1.09. The molecule has 0 spiro atoms. The van der Waals surface area contributed by atoms with Crippen LogP contribution in [0.25, 0.3) is 0 Å². The molecule has 1 aliphatic heterocycles. The number of fused-ring (bicyclic) bond motifs is 1. The van der Waals surface area contributed by atoms with Crippen LogP contribution in [0.1, 0.15) is 33.2 Å². The second kappa shape index (κ2) is 7.97. The first kappa shape index (κ1) is 20.4. The third-order valence-electron chi connectivity index (χ3n) is 4.70. The number of ether oxygens (including phenoxy) is 1. The lowest BCUT2D eigenvalue weighted by atomic mass is 10.1. The lowest BCUT2D eigenvalue weighted by Crippen LogP contribution is -2.54. The van der Waals surface area contributed by atoms with Crippen LogP contribution in [-0.4, -0.2) is 42.8 Å². The van der Waals surface area contributed by atoms with Crippen LogP contribution in [0.2, 0.25) is 0 Å². The van der Waals surface area contributed by atoms with Crippen molar-refractivity contribution >= 4 is 19.4 Å². The van der Waals surface area contributed by atoms with Gasteiger partial charge in [0.1, 0.15) is 0 Å². The molecule has 0 aliphatic carbocycles. The summed E-state index contributed by atoms with van der Waals surface area (Å²) < 4.78 is 29.0. The first-order chi connectivity index (χ1) is 13.3. The number of amides is 2. The SMILES string of the molecule is COP(=O)(CC(C)(OCc1ccccc1)N1C(=O)c2ccccc2C1=O)OC. The Morgan fingerprint density at radius 2 is 1.39 bits per heavy atom. The van der Waals surface area contributed by atoms with Crippen LogP contribution in [0.5, 0.6) is 0 Å². The molecule has 0 saturated carbocycles. The summed E-state index contributed by atoms with van der Waals surface area (Å²) in [5.74, 6) is -1.01. The minimum atomic E-state index is -3.60. The van der Waals surface area contributed by atoms with Crippen LogP contribution in [0, 0.1) is 0 Å². The zero-order valence-corrected chi connectivity index (χ0v) is 16.8. The molecule has 148 valence electrons. The molecule has 3 rings (SSSR count). The average molecular weight is 403 g/mol. The second-order valence-corrected chi connectivity index (χ2v) is 8.84. The van der Waals surface area contributed by atoms with Gasteiger partial charge in [0.05, 0.1) is 23.9 Å². The Kier molecular flexibility index (Phi) is 5.82. The third kappa shape index (κ3) is 3.80. The fourth-order valence-corrected chi connectivity index (χ4v) is 4.53. The van der Waals surface area contributed by atoms with Crippen LogP contribution in [-0.2, 0) is 25.0 Å². The molecule has 2 aromatic rings. The summed E-state index contributed by atoms with van der Waals surface area (Å²) >= 11 is 0. The Hall–Kier alpha value is -2.31. The first-order valence-electron chi connectivity index (χ1n) is 8.70. The van der Waals surface area contributed by atoms with E-state index in [2.05, 4.69) is 0 Å². The maximum absolute atomic E-state index is 13.0. The minimum Gasteiger partial charge on any atom is -0.350 e. The quantitative estimate of drug-likeness (QED) is 0.494. The maximum atomic E-state index is 13.0. The van der Waals surface area contributed by atoms with Gasteiger partial charge in [0.15, 0.2) is 5.72 Å². The second-order valence-electron chi connectivity index (χ2n) is 6.57. The van der Waals surface area contributed by atoms with Gasteiger partial charge in [-0.25, -0.2) is 4.90 Å². The van der Waals surface area contributed by atoms with Gasteiger partial charge >= 0.3 is 7.60 Å². The first-order valence-corrected chi connectivity index (χ1v) is 10.4. The van der Waals surface area contributed by atoms with Crippen molar-refractivity contribution in [3.05, 3.63) is 71.3 Å². The summed E-state index contributed by atoms with van der Waals surface area (Å²) in [5, 5.41) is 0. The Morgan fingerprint density at radius 3 is 1.89 bits per heavy atom. The molecule has 0 N–H and O–H groups in total. The monoisotopic (exact) mass is 403 g/mol. The molecule has 0 saturated heterocycles. The van der Waals surface area contributed by atoms with E-state index in [4.69, 9.17) is 13.8 Å². The van der Waals surface area contributed by atoms with Gasteiger partial charge in [0.25, 0.3) is 11.8 Å². The van der Waals surface area contributed by atoms with Gasteiger partial charge in [-0.1, -0.05) is 42.5 Å². The molecule has 28 heavy (non-hydrogen) atoms. The normalized spacial score (nSPS) is 16.2.